The largest absolute Gasteiger partial charge is 0.381 e. The number of aryl methyl sites for hydroxylation is 1. The van der Waals surface area contributed by atoms with Crippen LogP contribution in [0.25, 0.3) is 11.2 Å². The third-order valence-electron chi connectivity index (χ3n) is 3.92. The molecule has 3 rings (SSSR count). The number of hydrogen-bond acceptors (Lipinski definition) is 3. The van der Waals surface area contributed by atoms with Gasteiger partial charge in [0.1, 0.15) is 11.3 Å². The molecule has 108 valence electrons. The van der Waals surface area contributed by atoms with Crippen LogP contribution in [0.15, 0.2) is 12.3 Å². The molecule has 20 heavy (non-hydrogen) atoms. The molecule has 2 atom stereocenters. The summed E-state index contributed by atoms with van der Waals surface area (Å²) in [5, 5.41) is -0.117. The summed E-state index contributed by atoms with van der Waals surface area (Å²) >= 11 is 6.31. The first kappa shape index (κ1) is 13.8. The topological polar surface area (TPSA) is 39.9 Å². The van der Waals surface area contributed by atoms with Crippen LogP contribution in [0.1, 0.15) is 36.5 Å². The van der Waals surface area contributed by atoms with Crippen LogP contribution in [0.2, 0.25) is 0 Å². The molecule has 0 bridgehead atoms. The average molecular weight is 294 g/mol. The molecule has 2 aromatic rings. The summed E-state index contributed by atoms with van der Waals surface area (Å²) in [6.45, 7) is 6.62. The average Bonchev–Trinajstić information content (AvgIpc) is 2.81. The van der Waals surface area contributed by atoms with Gasteiger partial charge in [0.15, 0.2) is 5.65 Å². The number of pyridine rings is 1. The fourth-order valence-corrected chi connectivity index (χ4v) is 3.02. The van der Waals surface area contributed by atoms with Crippen molar-refractivity contribution >= 4 is 22.8 Å². The van der Waals surface area contributed by atoms with Crippen LogP contribution in [0, 0.1) is 12.8 Å². The Kier molecular flexibility index (Phi) is 3.94. The van der Waals surface area contributed by atoms with Crippen LogP contribution in [0.4, 0.5) is 0 Å². The van der Waals surface area contributed by atoms with Crippen molar-refractivity contribution in [3.63, 3.8) is 0 Å². The van der Waals surface area contributed by atoms with E-state index in [4.69, 9.17) is 21.3 Å². The van der Waals surface area contributed by atoms with E-state index >= 15 is 0 Å². The van der Waals surface area contributed by atoms with Crippen molar-refractivity contribution in [3.8, 4) is 0 Å². The van der Waals surface area contributed by atoms with E-state index in [1.165, 1.54) is 6.42 Å². The molecule has 0 aromatic carbocycles. The minimum Gasteiger partial charge on any atom is -0.381 e. The molecular formula is C15H20ClN3O. The highest BCUT2D eigenvalue weighted by Crippen LogP contribution is 2.27. The van der Waals surface area contributed by atoms with Gasteiger partial charge in [-0.25, -0.2) is 9.97 Å². The van der Waals surface area contributed by atoms with Gasteiger partial charge < -0.3 is 9.30 Å². The molecule has 0 radical (unpaired) electrons. The van der Waals surface area contributed by atoms with Gasteiger partial charge in [-0.15, -0.1) is 11.6 Å². The van der Waals surface area contributed by atoms with Gasteiger partial charge in [-0.2, -0.15) is 0 Å². The van der Waals surface area contributed by atoms with E-state index in [1.54, 1.807) is 0 Å². The van der Waals surface area contributed by atoms with Crippen molar-refractivity contribution < 1.29 is 4.74 Å². The van der Waals surface area contributed by atoms with Crippen molar-refractivity contribution in [2.24, 2.45) is 5.92 Å². The van der Waals surface area contributed by atoms with Crippen molar-refractivity contribution in [2.45, 2.75) is 38.6 Å². The van der Waals surface area contributed by atoms with Gasteiger partial charge in [-0.3, -0.25) is 0 Å². The molecule has 0 amide bonds. The highest BCUT2D eigenvalue weighted by Gasteiger charge is 2.21. The highest BCUT2D eigenvalue weighted by molar-refractivity contribution is 6.20. The van der Waals surface area contributed by atoms with Crippen LogP contribution in [0.5, 0.6) is 0 Å². The predicted octanol–water partition coefficient (Wildman–Crippen LogP) is 3.47. The van der Waals surface area contributed by atoms with Crippen LogP contribution >= 0.6 is 11.6 Å². The zero-order chi connectivity index (χ0) is 14.1. The summed E-state index contributed by atoms with van der Waals surface area (Å²) in [5.74, 6) is 1.44. The maximum atomic E-state index is 6.31. The van der Waals surface area contributed by atoms with Crippen LogP contribution in [-0.4, -0.2) is 27.7 Å². The fraction of sp³-hybridized carbons (Fsp3) is 0.600. The zero-order valence-electron chi connectivity index (χ0n) is 12.0. The Morgan fingerprint density at radius 1 is 1.55 bits per heavy atom. The van der Waals surface area contributed by atoms with Gasteiger partial charge in [0.25, 0.3) is 0 Å². The van der Waals surface area contributed by atoms with E-state index in [9.17, 15) is 0 Å². The molecule has 3 heterocycles. The van der Waals surface area contributed by atoms with Gasteiger partial charge in [0, 0.05) is 25.3 Å². The number of halogens is 1. The number of fused-ring (bicyclic) bond motifs is 1. The molecule has 1 fully saturated rings. The first-order valence-corrected chi connectivity index (χ1v) is 7.64. The standard InChI is InChI=1S/C15H20ClN3O/c1-10-5-6-17-15-13(10)18-14(11(2)16)19(15)8-12-4-3-7-20-9-12/h5-6,11-12H,3-4,7-9H2,1-2H3. The molecule has 2 aromatic heterocycles. The summed E-state index contributed by atoms with van der Waals surface area (Å²) in [6, 6.07) is 1.99. The molecular weight excluding hydrogens is 274 g/mol. The Morgan fingerprint density at radius 3 is 3.10 bits per heavy atom. The number of hydrogen-bond donors (Lipinski definition) is 0. The Labute approximate surface area is 124 Å². The summed E-state index contributed by atoms with van der Waals surface area (Å²) in [7, 11) is 0. The van der Waals surface area contributed by atoms with Crippen LogP contribution < -0.4 is 0 Å². The minimum absolute atomic E-state index is 0.117. The molecule has 5 heteroatoms. The van der Waals surface area contributed by atoms with E-state index in [-0.39, 0.29) is 5.38 Å². The molecule has 2 unspecified atom stereocenters. The Bertz CT molecular complexity index is 602. The monoisotopic (exact) mass is 293 g/mol. The minimum atomic E-state index is -0.117. The number of rotatable bonds is 3. The molecule has 0 saturated carbocycles. The molecule has 1 aliphatic heterocycles. The second-order valence-corrected chi connectivity index (χ2v) is 6.23. The van der Waals surface area contributed by atoms with Gasteiger partial charge in [-0.05, 0) is 38.3 Å². The molecule has 1 aliphatic rings. The quantitative estimate of drug-likeness (QED) is 0.814. The first-order chi connectivity index (χ1) is 9.66. The third-order valence-corrected chi connectivity index (χ3v) is 4.11. The molecule has 0 aliphatic carbocycles. The predicted molar refractivity (Wildman–Crippen MR) is 80.1 cm³/mol. The molecule has 4 nitrogen and oxygen atoms in total. The van der Waals surface area contributed by atoms with Crippen molar-refractivity contribution in [2.75, 3.05) is 13.2 Å². The summed E-state index contributed by atoms with van der Waals surface area (Å²) in [6.07, 6.45) is 4.17. The number of nitrogens with zero attached hydrogens (tertiary/aromatic N) is 3. The second-order valence-electron chi connectivity index (χ2n) is 5.58. The number of ether oxygens (including phenoxy) is 1. The van der Waals surface area contributed by atoms with Gasteiger partial charge in [0.2, 0.25) is 0 Å². The van der Waals surface area contributed by atoms with Gasteiger partial charge >= 0.3 is 0 Å². The maximum absolute atomic E-state index is 6.31. The first-order valence-electron chi connectivity index (χ1n) is 7.20. The SMILES string of the molecule is Cc1ccnc2c1nc(C(C)Cl)n2CC1CCCOC1. The summed E-state index contributed by atoms with van der Waals surface area (Å²) in [4.78, 5) is 9.22. The van der Waals surface area contributed by atoms with Gasteiger partial charge in [-0.1, -0.05) is 0 Å². The second kappa shape index (κ2) is 5.70. The number of alkyl halides is 1. The van der Waals surface area contributed by atoms with E-state index in [1.807, 2.05) is 19.2 Å². The lowest BCUT2D eigenvalue weighted by atomic mass is 10.0. The van der Waals surface area contributed by atoms with E-state index in [2.05, 4.69) is 16.5 Å². The normalized spacial score (nSPS) is 21.2. The Morgan fingerprint density at radius 2 is 2.40 bits per heavy atom. The van der Waals surface area contributed by atoms with E-state index in [0.29, 0.717) is 5.92 Å². The van der Waals surface area contributed by atoms with Crippen molar-refractivity contribution in [3.05, 3.63) is 23.7 Å². The van der Waals surface area contributed by atoms with Crippen molar-refractivity contribution in [1.29, 1.82) is 0 Å². The fourth-order valence-electron chi connectivity index (χ4n) is 2.85. The lowest BCUT2D eigenvalue weighted by Gasteiger charge is -2.23. The maximum Gasteiger partial charge on any atom is 0.160 e. The van der Waals surface area contributed by atoms with Crippen molar-refractivity contribution in [1.82, 2.24) is 14.5 Å². The van der Waals surface area contributed by atoms with E-state index in [0.717, 1.165) is 48.7 Å². The highest BCUT2D eigenvalue weighted by atomic mass is 35.5. The zero-order valence-corrected chi connectivity index (χ0v) is 12.7. The Balaban J connectivity index is 2.02. The smallest absolute Gasteiger partial charge is 0.160 e. The summed E-state index contributed by atoms with van der Waals surface area (Å²) in [5.41, 5.74) is 3.05. The van der Waals surface area contributed by atoms with Gasteiger partial charge in [0.05, 0.1) is 12.0 Å². The molecule has 1 saturated heterocycles. The molecule has 0 spiro atoms. The van der Waals surface area contributed by atoms with Crippen LogP contribution in [0.3, 0.4) is 0 Å². The van der Waals surface area contributed by atoms with Crippen LogP contribution in [-0.2, 0) is 11.3 Å². The third kappa shape index (κ3) is 2.54. The Hall–Kier alpha value is -1.13. The molecule has 0 N–H and O–H groups in total. The lowest BCUT2D eigenvalue weighted by molar-refractivity contribution is 0.0484. The lowest BCUT2D eigenvalue weighted by Crippen LogP contribution is -2.23. The number of imidazole rings is 1. The summed E-state index contributed by atoms with van der Waals surface area (Å²) < 4.78 is 7.76. The van der Waals surface area contributed by atoms with E-state index < -0.39 is 0 Å². The number of aromatic nitrogens is 3.